The number of anilines is 1. The van der Waals surface area contributed by atoms with E-state index in [0.29, 0.717) is 24.3 Å². The molecule has 8 heteroatoms. The van der Waals surface area contributed by atoms with Crippen LogP contribution in [0.3, 0.4) is 0 Å². The molecule has 0 spiro atoms. The van der Waals surface area contributed by atoms with Crippen LogP contribution in [0.2, 0.25) is 0 Å². The monoisotopic (exact) mass is 640 g/mol. The van der Waals surface area contributed by atoms with Crippen molar-refractivity contribution < 1.29 is 14.3 Å². The Balaban J connectivity index is 1.10. The van der Waals surface area contributed by atoms with E-state index < -0.39 is 0 Å². The smallest absolute Gasteiger partial charge is 0.315 e. The van der Waals surface area contributed by atoms with Gasteiger partial charge in [0.25, 0.3) is 5.91 Å². The summed E-state index contributed by atoms with van der Waals surface area (Å²) >= 11 is 3.50. The molecular weight excluding hydrogens is 604 g/mol. The van der Waals surface area contributed by atoms with Gasteiger partial charge in [0.05, 0.1) is 0 Å². The number of carbonyl (C=O) groups excluding carboxylic acids is 2. The van der Waals surface area contributed by atoms with Crippen LogP contribution in [0.5, 0.6) is 5.75 Å². The summed E-state index contributed by atoms with van der Waals surface area (Å²) in [6.45, 7) is 3.33. The Labute approximate surface area is 261 Å². The normalized spacial score (nSPS) is 14.4. The van der Waals surface area contributed by atoms with Crippen LogP contribution in [0, 0.1) is 0 Å². The maximum absolute atomic E-state index is 12.7. The van der Waals surface area contributed by atoms with Crippen molar-refractivity contribution >= 4 is 33.6 Å². The van der Waals surface area contributed by atoms with Crippen LogP contribution in [-0.2, 0) is 6.54 Å². The highest BCUT2D eigenvalue weighted by Gasteiger charge is 2.21. The molecule has 1 fully saturated rings. The van der Waals surface area contributed by atoms with Crippen molar-refractivity contribution in [1.82, 2.24) is 15.5 Å². The molecule has 0 aromatic heterocycles. The van der Waals surface area contributed by atoms with Gasteiger partial charge in [-0.05, 0) is 72.5 Å². The molecule has 7 nitrogen and oxygen atoms in total. The van der Waals surface area contributed by atoms with Gasteiger partial charge in [0.15, 0.2) is 0 Å². The van der Waals surface area contributed by atoms with E-state index in [4.69, 9.17) is 4.74 Å². The minimum absolute atomic E-state index is 0.148. The lowest BCUT2D eigenvalue weighted by Gasteiger charge is -2.32. The Kier molecular flexibility index (Phi) is 10.8. The van der Waals surface area contributed by atoms with Crippen LogP contribution in [0.15, 0.2) is 114 Å². The van der Waals surface area contributed by atoms with Gasteiger partial charge in [-0.15, -0.1) is 0 Å². The van der Waals surface area contributed by atoms with Crippen molar-refractivity contribution in [3.63, 3.8) is 0 Å². The van der Waals surface area contributed by atoms with E-state index in [0.717, 1.165) is 48.2 Å². The van der Waals surface area contributed by atoms with Crippen molar-refractivity contribution in [3.8, 4) is 5.75 Å². The molecule has 3 N–H and O–H groups in total. The highest BCUT2D eigenvalue weighted by atomic mass is 79.9. The van der Waals surface area contributed by atoms with Crippen molar-refractivity contribution in [2.24, 2.45) is 0 Å². The number of carbonyl (C=O) groups is 2. The molecule has 222 valence electrons. The van der Waals surface area contributed by atoms with Crippen LogP contribution in [0.25, 0.3) is 0 Å². The fourth-order valence-electron chi connectivity index (χ4n) is 5.18. The summed E-state index contributed by atoms with van der Waals surface area (Å²) in [7, 11) is 0. The third kappa shape index (κ3) is 9.43. The SMILES string of the molecule is O=C(NCCC(Oc1ccc(C(=O)Nc2ccccc2)cc1)c1ccc(Br)cc1)NC1CCN(Cc2ccccc2)CC1. The first kappa shape index (κ1) is 30.3. The van der Waals surface area contributed by atoms with Gasteiger partial charge in [0.1, 0.15) is 11.9 Å². The summed E-state index contributed by atoms with van der Waals surface area (Å²) in [5.74, 6) is 0.468. The molecule has 0 aliphatic carbocycles. The summed E-state index contributed by atoms with van der Waals surface area (Å²) in [5, 5.41) is 9.06. The standard InChI is InChI=1S/C35H37BrN4O3/c36-29-15-11-27(12-16-29)33(43-32-17-13-28(14-18-32)34(41)38-30-9-5-2-6-10-30)19-22-37-35(42)39-31-20-23-40(24-21-31)25-26-7-3-1-4-8-26/h1-18,31,33H,19-25H2,(H,38,41)(H2,37,39,42). The molecule has 0 bridgehead atoms. The number of urea groups is 1. The van der Waals surface area contributed by atoms with Gasteiger partial charge in [-0.3, -0.25) is 9.69 Å². The molecule has 1 saturated heterocycles. The molecule has 0 saturated carbocycles. The first-order valence-electron chi connectivity index (χ1n) is 14.7. The van der Waals surface area contributed by atoms with Gasteiger partial charge in [-0.2, -0.15) is 0 Å². The molecule has 4 aromatic rings. The lowest BCUT2D eigenvalue weighted by molar-refractivity contribution is 0.102. The second-order valence-corrected chi connectivity index (χ2v) is 11.6. The highest BCUT2D eigenvalue weighted by Crippen LogP contribution is 2.26. The second kappa shape index (κ2) is 15.4. The summed E-state index contributed by atoms with van der Waals surface area (Å²) in [6.07, 6.45) is 2.17. The summed E-state index contributed by atoms with van der Waals surface area (Å²) < 4.78 is 7.34. The van der Waals surface area contributed by atoms with E-state index in [-0.39, 0.29) is 24.1 Å². The molecular formula is C35H37BrN4O3. The van der Waals surface area contributed by atoms with Crippen LogP contribution < -0.4 is 20.7 Å². The topological polar surface area (TPSA) is 82.7 Å². The van der Waals surface area contributed by atoms with E-state index in [1.54, 1.807) is 24.3 Å². The summed E-state index contributed by atoms with van der Waals surface area (Å²) in [5.41, 5.74) is 3.61. The van der Waals surface area contributed by atoms with Crippen molar-refractivity contribution in [2.45, 2.75) is 38.0 Å². The third-order valence-corrected chi connectivity index (χ3v) is 8.06. The quantitative estimate of drug-likeness (QED) is 0.162. The number of nitrogens with one attached hydrogen (secondary N) is 3. The van der Waals surface area contributed by atoms with E-state index in [1.165, 1.54) is 5.56 Å². The lowest BCUT2D eigenvalue weighted by Crippen LogP contribution is -2.48. The number of likely N-dealkylation sites (tertiary alicyclic amines) is 1. The Morgan fingerprint density at radius 3 is 2.16 bits per heavy atom. The molecule has 3 amide bonds. The predicted octanol–water partition coefficient (Wildman–Crippen LogP) is 7.18. The Morgan fingerprint density at radius 1 is 0.837 bits per heavy atom. The average molecular weight is 642 g/mol. The van der Waals surface area contributed by atoms with Gasteiger partial charge >= 0.3 is 6.03 Å². The van der Waals surface area contributed by atoms with Crippen LogP contribution in [0.1, 0.15) is 46.9 Å². The van der Waals surface area contributed by atoms with Gasteiger partial charge < -0.3 is 20.7 Å². The third-order valence-electron chi connectivity index (χ3n) is 7.53. The molecule has 1 aliphatic rings. The number of halogens is 1. The van der Waals surface area contributed by atoms with Gasteiger partial charge in [0.2, 0.25) is 0 Å². The Hall–Kier alpha value is -4.14. The molecule has 1 unspecified atom stereocenters. The van der Waals surface area contributed by atoms with Gasteiger partial charge in [-0.1, -0.05) is 76.6 Å². The zero-order valence-corrected chi connectivity index (χ0v) is 25.6. The molecule has 1 atom stereocenters. The van der Waals surface area contributed by atoms with E-state index in [9.17, 15) is 9.59 Å². The highest BCUT2D eigenvalue weighted by molar-refractivity contribution is 9.10. The van der Waals surface area contributed by atoms with Gasteiger partial charge in [-0.25, -0.2) is 4.79 Å². The number of rotatable bonds is 11. The summed E-state index contributed by atoms with van der Waals surface area (Å²) in [4.78, 5) is 27.8. The zero-order chi connectivity index (χ0) is 29.9. The van der Waals surface area contributed by atoms with Crippen LogP contribution in [-0.4, -0.2) is 42.5 Å². The first-order chi connectivity index (χ1) is 21.0. The summed E-state index contributed by atoms with van der Waals surface area (Å²) in [6, 6.07) is 35.0. The molecule has 43 heavy (non-hydrogen) atoms. The Morgan fingerprint density at radius 2 is 1.49 bits per heavy atom. The zero-order valence-electron chi connectivity index (χ0n) is 24.0. The number of piperidine rings is 1. The lowest BCUT2D eigenvalue weighted by atomic mass is 10.0. The molecule has 0 radical (unpaired) electrons. The van der Waals surface area contributed by atoms with Crippen molar-refractivity contribution in [1.29, 1.82) is 0 Å². The first-order valence-corrected chi connectivity index (χ1v) is 15.5. The van der Waals surface area contributed by atoms with Crippen LogP contribution in [0.4, 0.5) is 10.5 Å². The molecule has 4 aromatic carbocycles. The second-order valence-electron chi connectivity index (χ2n) is 10.7. The number of nitrogens with zero attached hydrogens (tertiary/aromatic N) is 1. The minimum Gasteiger partial charge on any atom is -0.486 e. The van der Waals surface area contributed by atoms with Crippen molar-refractivity contribution in [3.05, 3.63) is 130 Å². The molecule has 1 aliphatic heterocycles. The van der Waals surface area contributed by atoms with Crippen LogP contribution >= 0.6 is 15.9 Å². The van der Waals surface area contributed by atoms with Crippen molar-refractivity contribution in [2.75, 3.05) is 25.0 Å². The number of hydrogen-bond donors (Lipinski definition) is 3. The predicted molar refractivity (Wildman–Crippen MR) is 174 cm³/mol. The maximum Gasteiger partial charge on any atom is 0.315 e. The molecule has 1 heterocycles. The maximum atomic E-state index is 12.7. The number of ether oxygens (including phenoxy) is 1. The fraction of sp³-hybridized carbons (Fsp3) is 0.257. The Bertz CT molecular complexity index is 1440. The largest absolute Gasteiger partial charge is 0.486 e. The number of para-hydroxylation sites is 1. The van der Waals surface area contributed by atoms with E-state index >= 15 is 0 Å². The minimum atomic E-state index is -0.279. The fourth-order valence-corrected chi connectivity index (χ4v) is 5.44. The van der Waals surface area contributed by atoms with Gasteiger partial charge in [0, 0.05) is 54.4 Å². The number of amides is 3. The van der Waals surface area contributed by atoms with E-state index in [1.807, 2.05) is 60.7 Å². The molecule has 5 rings (SSSR count). The van der Waals surface area contributed by atoms with E-state index in [2.05, 4.69) is 61.0 Å². The number of hydrogen-bond acceptors (Lipinski definition) is 4. The average Bonchev–Trinajstić information content (AvgIpc) is 3.03. The number of benzene rings is 4.